The van der Waals surface area contributed by atoms with Gasteiger partial charge in [-0.15, -0.1) is 0 Å². The molecule has 7 heteroatoms. The van der Waals surface area contributed by atoms with E-state index in [1.165, 1.54) is 12.1 Å². The van der Waals surface area contributed by atoms with Crippen molar-refractivity contribution in [3.05, 3.63) is 56.7 Å². The lowest BCUT2D eigenvalue weighted by Crippen LogP contribution is -2.14. The van der Waals surface area contributed by atoms with Gasteiger partial charge in [-0.2, -0.15) is 0 Å². The zero-order valence-electron chi connectivity index (χ0n) is 10.3. The molecular formula is C13H10Br2FNO2S. The Morgan fingerprint density at radius 2 is 1.80 bits per heavy atom. The molecular weight excluding hydrogens is 413 g/mol. The van der Waals surface area contributed by atoms with Gasteiger partial charge in [0.25, 0.3) is 10.0 Å². The number of nitrogens with one attached hydrogen (secondary N) is 1. The van der Waals surface area contributed by atoms with Gasteiger partial charge in [0.15, 0.2) is 0 Å². The molecule has 20 heavy (non-hydrogen) atoms. The van der Waals surface area contributed by atoms with E-state index in [1.807, 2.05) is 6.92 Å². The monoisotopic (exact) mass is 421 g/mol. The van der Waals surface area contributed by atoms with Crippen LogP contribution in [0.2, 0.25) is 0 Å². The number of rotatable bonds is 3. The molecule has 0 amide bonds. The highest BCUT2D eigenvalue weighted by molar-refractivity contribution is 9.10. The molecule has 0 aliphatic carbocycles. The zero-order valence-corrected chi connectivity index (χ0v) is 14.3. The average molecular weight is 423 g/mol. The lowest BCUT2D eigenvalue weighted by Gasteiger charge is -2.10. The number of sulfonamides is 1. The van der Waals surface area contributed by atoms with Crippen LogP contribution in [0.25, 0.3) is 0 Å². The molecule has 2 aromatic carbocycles. The van der Waals surface area contributed by atoms with E-state index in [9.17, 15) is 12.8 Å². The molecule has 0 saturated heterocycles. The van der Waals surface area contributed by atoms with Gasteiger partial charge in [-0.1, -0.05) is 31.9 Å². The Bertz CT molecular complexity index is 763. The second-order valence-electron chi connectivity index (χ2n) is 4.14. The molecule has 2 aromatic rings. The number of anilines is 1. The highest BCUT2D eigenvalue weighted by atomic mass is 79.9. The Kier molecular flexibility index (Phi) is 4.51. The molecule has 0 atom stereocenters. The number of hydrogen-bond donors (Lipinski definition) is 1. The number of aryl methyl sites for hydroxylation is 1. The van der Waals surface area contributed by atoms with E-state index in [0.29, 0.717) is 10.2 Å². The molecule has 0 fully saturated rings. The van der Waals surface area contributed by atoms with E-state index in [4.69, 9.17) is 0 Å². The molecule has 106 valence electrons. The van der Waals surface area contributed by atoms with Crippen LogP contribution in [0.15, 0.2) is 50.2 Å². The Morgan fingerprint density at radius 3 is 2.40 bits per heavy atom. The third-order valence-corrected chi connectivity index (χ3v) is 5.39. The SMILES string of the molecule is Cc1cc(NS(=O)(=O)c2ccc(Br)cc2F)ccc1Br. The maximum Gasteiger partial charge on any atom is 0.264 e. The van der Waals surface area contributed by atoms with E-state index >= 15 is 0 Å². The maximum absolute atomic E-state index is 13.7. The zero-order chi connectivity index (χ0) is 14.9. The van der Waals surface area contributed by atoms with Gasteiger partial charge in [-0.3, -0.25) is 4.72 Å². The van der Waals surface area contributed by atoms with Crippen LogP contribution in [-0.2, 0) is 10.0 Å². The van der Waals surface area contributed by atoms with Crippen LogP contribution < -0.4 is 4.72 Å². The first-order valence-electron chi connectivity index (χ1n) is 5.53. The van der Waals surface area contributed by atoms with Gasteiger partial charge >= 0.3 is 0 Å². The first-order chi connectivity index (χ1) is 9.29. The Balaban J connectivity index is 2.38. The van der Waals surface area contributed by atoms with Gasteiger partial charge in [-0.25, -0.2) is 12.8 Å². The van der Waals surface area contributed by atoms with Gasteiger partial charge in [-0.05, 0) is 48.9 Å². The van der Waals surface area contributed by atoms with Crippen molar-refractivity contribution >= 4 is 47.6 Å². The van der Waals surface area contributed by atoms with Crippen LogP contribution in [0.3, 0.4) is 0 Å². The van der Waals surface area contributed by atoms with Gasteiger partial charge in [0.1, 0.15) is 10.7 Å². The van der Waals surface area contributed by atoms with Gasteiger partial charge in [0.05, 0.1) is 0 Å². The van der Waals surface area contributed by atoms with Crippen molar-refractivity contribution in [1.82, 2.24) is 0 Å². The van der Waals surface area contributed by atoms with E-state index in [1.54, 1.807) is 18.2 Å². The highest BCUT2D eigenvalue weighted by Gasteiger charge is 2.19. The van der Waals surface area contributed by atoms with Crippen molar-refractivity contribution < 1.29 is 12.8 Å². The Hall–Kier alpha value is -0.920. The molecule has 3 nitrogen and oxygen atoms in total. The predicted molar refractivity (Wildman–Crippen MR) is 83.8 cm³/mol. The van der Waals surface area contributed by atoms with Crippen molar-refractivity contribution in [2.75, 3.05) is 4.72 Å². The second kappa shape index (κ2) is 5.83. The molecule has 0 radical (unpaired) electrons. The van der Waals surface area contributed by atoms with Gasteiger partial charge in [0.2, 0.25) is 0 Å². The summed E-state index contributed by atoms with van der Waals surface area (Å²) in [5, 5.41) is 0. The molecule has 0 aromatic heterocycles. The first-order valence-corrected chi connectivity index (χ1v) is 8.60. The molecule has 0 aliphatic rings. The fraction of sp³-hybridized carbons (Fsp3) is 0.0769. The predicted octanol–water partition coefficient (Wildman–Crippen LogP) is 4.46. The fourth-order valence-corrected chi connectivity index (χ4v) is 3.30. The largest absolute Gasteiger partial charge is 0.280 e. The normalized spacial score (nSPS) is 11.4. The van der Waals surface area contributed by atoms with E-state index < -0.39 is 15.8 Å². The number of hydrogen-bond acceptors (Lipinski definition) is 2. The molecule has 1 N–H and O–H groups in total. The molecule has 2 rings (SSSR count). The van der Waals surface area contributed by atoms with Crippen LogP contribution in [0.5, 0.6) is 0 Å². The summed E-state index contributed by atoms with van der Waals surface area (Å²) in [5.74, 6) is -0.805. The van der Waals surface area contributed by atoms with Crippen LogP contribution >= 0.6 is 31.9 Å². The molecule has 0 bridgehead atoms. The van der Waals surface area contributed by atoms with E-state index in [2.05, 4.69) is 36.6 Å². The lowest BCUT2D eigenvalue weighted by atomic mass is 10.2. The second-order valence-corrected chi connectivity index (χ2v) is 7.57. The summed E-state index contributed by atoms with van der Waals surface area (Å²) in [6.07, 6.45) is 0. The van der Waals surface area contributed by atoms with Crippen LogP contribution in [-0.4, -0.2) is 8.42 Å². The quantitative estimate of drug-likeness (QED) is 0.793. The van der Waals surface area contributed by atoms with Crippen molar-refractivity contribution in [2.24, 2.45) is 0 Å². The van der Waals surface area contributed by atoms with Gasteiger partial charge in [0, 0.05) is 14.6 Å². The minimum Gasteiger partial charge on any atom is -0.280 e. The topological polar surface area (TPSA) is 46.2 Å². The third-order valence-electron chi connectivity index (χ3n) is 2.59. The summed E-state index contributed by atoms with van der Waals surface area (Å²) in [6.45, 7) is 1.84. The standard InChI is InChI=1S/C13H10Br2FNO2S/c1-8-6-10(3-4-11(8)15)17-20(18,19)13-5-2-9(14)7-12(13)16/h2-7,17H,1H3. The number of benzene rings is 2. The van der Waals surface area contributed by atoms with Crippen molar-refractivity contribution in [1.29, 1.82) is 0 Å². The van der Waals surface area contributed by atoms with Crippen molar-refractivity contribution in [3.8, 4) is 0 Å². The average Bonchev–Trinajstić information content (AvgIpc) is 2.33. The fourth-order valence-electron chi connectivity index (χ4n) is 1.61. The molecule has 0 spiro atoms. The number of halogens is 3. The molecule has 0 aliphatic heterocycles. The van der Waals surface area contributed by atoms with E-state index in [0.717, 1.165) is 16.1 Å². The van der Waals surface area contributed by atoms with Crippen LogP contribution in [0.1, 0.15) is 5.56 Å². The summed E-state index contributed by atoms with van der Waals surface area (Å²) in [5.41, 5.74) is 1.26. The molecule has 0 unspecified atom stereocenters. The Morgan fingerprint density at radius 1 is 1.10 bits per heavy atom. The van der Waals surface area contributed by atoms with Crippen molar-refractivity contribution in [2.45, 2.75) is 11.8 Å². The van der Waals surface area contributed by atoms with Crippen molar-refractivity contribution in [3.63, 3.8) is 0 Å². The van der Waals surface area contributed by atoms with Crippen LogP contribution in [0, 0.1) is 12.7 Å². The van der Waals surface area contributed by atoms with E-state index in [-0.39, 0.29) is 4.90 Å². The smallest absolute Gasteiger partial charge is 0.264 e. The summed E-state index contributed by atoms with van der Waals surface area (Å²) in [4.78, 5) is -0.388. The summed E-state index contributed by atoms with van der Waals surface area (Å²) < 4.78 is 41.7. The third kappa shape index (κ3) is 3.39. The molecule has 0 saturated carbocycles. The Labute approximate surface area is 133 Å². The minimum absolute atomic E-state index is 0.382. The van der Waals surface area contributed by atoms with Gasteiger partial charge < -0.3 is 0 Å². The first kappa shape index (κ1) is 15.5. The summed E-state index contributed by atoms with van der Waals surface area (Å²) in [6, 6.07) is 8.80. The molecule has 0 heterocycles. The minimum atomic E-state index is -3.95. The summed E-state index contributed by atoms with van der Waals surface area (Å²) >= 11 is 6.42. The lowest BCUT2D eigenvalue weighted by molar-refractivity contribution is 0.570. The summed E-state index contributed by atoms with van der Waals surface area (Å²) in [7, 11) is -3.95. The van der Waals surface area contributed by atoms with Crippen LogP contribution in [0.4, 0.5) is 10.1 Å². The maximum atomic E-state index is 13.7. The highest BCUT2D eigenvalue weighted by Crippen LogP contribution is 2.24.